The molecule has 4 rings (SSSR count). The first-order chi connectivity index (χ1) is 13.5. The van der Waals surface area contributed by atoms with E-state index in [4.69, 9.17) is 4.42 Å². The van der Waals surface area contributed by atoms with Crippen molar-refractivity contribution in [3.63, 3.8) is 0 Å². The lowest BCUT2D eigenvalue weighted by molar-refractivity contribution is -0.121. The smallest absolute Gasteiger partial charge is 0.277 e. The van der Waals surface area contributed by atoms with Gasteiger partial charge < -0.3 is 9.73 Å². The molecule has 0 fully saturated rings. The van der Waals surface area contributed by atoms with Crippen molar-refractivity contribution in [3.05, 3.63) is 54.3 Å². The molecule has 0 unspecified atom stereocenters. The van der Waals surface area contributed by atoms with Crippen LogP contribution in [0.25, 0.3) is 11.5 Å². The highest BCUT2D eigenvalue weighted by atomic mass is 32.2. The topological polar surface area (TPSA) is 88.3 Å². The molecule has 1 N–H and O–H groups in total. The first kappa shape index (κ1) is 18.2. The lowest BCUT2D eigenvalue weighted by Crippen LogP contribution is -2.45. The third-order valence-electron chi connectivity index (χ3n) is 4.17. The van der Waals surface area contributed by atoms with Crippen molar-refractivity contribution in [3.8, 4) is 11.5 Å². The van der Waals surface area contributed by atoms with Gasteiger partial charge >= 0.3 is 0 Å². The van der Waals surface area contributed by atoms with Crippen LogP contribution in [0, 0.1) is 5.82 Å². The molecular weight excluding hydrogens is 383 g/mol. The zero-order valence-corrected chi connectivity index (χ0v) is 15.6. The van der Waals surface area contributed by atoms with E-state index in [1.807, 2.05) is 0 Å². The van der Waals surface area contributed by atoms with Crippen molar-refractivity contribution >= 4 is 35.0 Å². The molecule has 9 heteroatoms. The van der Waals surface area contributed by atoms with Gasteiger partial charge in [-0.25, -0.2) is 4.39 Å². The Bertz CT molecular complexity index is 1050. The van der Waals surface area contributed by atoms with Crippen LogP contribution in [0.5, 0.6) is 0 Å². The van der Waals surface area contributed by atoms with Crippen LogP contribution in [0.2, 0.25) is 0 Å². The number of benzene rings is 2. The van der Waals surface area contributed by atoms with Crippen molar-refractivity contribution < 1.29 is 18.4 Å². The Kier molecular flexibility index (Phi) is 4.82. The quantitative estimate of drug-likeness (QED) is 0.678. The Labute approximate surface area is 163 Å². The molecule has 1 aromatic heterocycles. The molecule has 0 saturated carbocycles. The predicted octanol–water partition coefficient (Wildman–Crippen LogP) is 3.34. The average molecular weight is 398 g/mol. The van der Waals surface area contributed by atoms with Crippen LogP contribution >= 0.6 is 11.8 Å². The minimum absolute atomic E-state index is 0.0444. The molecule has 28 heavy (non-hydrogen) atoms. The number of hydrogen-bond acceptors (Lipinski definition) is 6. The summed E-state index contributed by atoms with van der Waals surface area (Å²) in [5.74, 6) is -0.951. The number of halogens is 1. The Morgan fingerprint density at radius 2 is 1.96 bits per heavy atom. The van der Waals surface area contributed by atoms with Crippen LogP contribution in [-0.2, 0) is 9.59 Å². The lowest BCUT2D eigenvalue weighted by Gasteiger charge is -2.30. The van der Waals surface area contributed by atoms with Crippen LogP contribution in [0.15, 0.2) is 58.2 Å². The standard InChI is InChI=1S/C19H15FN4O3S/c1-11(18(26)24-10-16(25)21-14-8-4-5-9-15(14)24)28-19-23-22-17(27-19)12-6-2-3-7-13(12)20/h2-9,11H,10H2,1H3,(H,21,25)/t11-/m1/s1. The minimum Gasteiger partial charge on any atom is -0.411 e. The second-order valence-electron chi connectivity index (χ2n) is 6.10. The van der Waals surface area contributed by atoms with E-state index < -0.39 is 11.1 Å². The maximum Gasteiger partial charge on any atom is 0.277 e. The number of rotatable bonds is 4. The van der Waals surface area contributed by atoms with Crippen LogP contribution in [0.1, 0.15) is 6.92 Å². The molecule has 0 radical (unpaired) electrons. The van der Waals surface area contributed by atoms with Gasteiger partial charge in [-0.15, -0.1) is 10.2 Å². The van der Waals surface area contributed by atoms with Gasteiger partial charge in [0.05, 0.1) is 22.2 Å². The summed E-state index contributed by atoms with van der Waals surface area (Å²) in [6.07, 6.45) is 0. The number of para-hydroxylation sites is 2. The van der Waals surface area contributed by atoms with Crippen molar-refractivity contribution in [2.45, 2.75) is 17.4 Å². The van der Waals surface area contributed by atoms with Gasteiger partial charge in [-0.2, -0.15) is 0 Å². The van der Waals surface area contributed by atoms with Crippen LogP contribution in [0.4, 0.5) is 15.8 Å². The first-order valence-electron chi connectivity index (χ1n) is 8.48. The number of hydrogen-bond donors (Lipinski definition) is 1. The van der Waals surface area contributed by atoms with E-state index >= 15 is 0 Å². The number of nitrogens with one attached hydrogen (secondary N) is 1. The molecule has 1 aliphatic heterocycles. The monoisotopic (exact) mass is 398 g/mol. The normalized spacial score (nSPS) is 14.4. The Morgan fingerprint density at radius 1 is 1.21 bits per heavy atom. The van der Waals surface area contributed by atoms with Crippen LogP contribution in [0.3, 0.4) is 0 Å². The molecule has 2 aromatic carbocycles. The zero-order chi connectivity index (χ0) is 19.7. The maximum atomic E-state index is 13.9. The molecule has 0 bridgehead atoms. The van der Waals surface area contributed by atoms with E-state index in [-0.39, 0.29) is 35.0 Å². The largest absolute Gasteiger partial charge is 0.411 e. The molecule has 2 amide bonds. The number of nitrogens with zero attached hydrogens (tertiary/aromatic N) is 3. The van der Waals surface area contributed by atoms with Crippen molar-refractivity contribution in [2.24, 2.45) is 0 Å². The SMILES string of the molecule is C[C@@H](Sc1nnc(-c2ccccc2F)o1)C(=O)N1CC(=O)Nc2ccccc21. The second-order valence-corrected chi connectivity index (χ2v) is 7.39. The molecule has 1 atom stereocenters. The van der Waals surface area contributed by atoms with Gasteiger partial charge in [0.1, 0.15) is 12.4 Å². The van der Waals surface area contributed by atoms with Crippen LogP contribution in [-0.4, -0.2) is 33.8 Å². The Morgan fingerprint density at radius 3 is 2.79 bits per heavy atom. The number of thioether (sulfide) groups is 1. The predicted molar refractivity (Wildman–Crippen MR) is 102 cm³/mol. The number of anilines is 2. The van der Waals surface area contributed by atoms with Gasteiger partial charge in [0.2, 0.25) is 11.8 Å². The third kappa shape index (κ3) is 3.48. The van der Waals surface area contributed by atoms with E-state index in [9.17, 15) is 14.0 Å². The molecule has 7 nitrogen and oxygen atoms in total. The fourth-order valence-electron chi connectivity index (χ4n) is 2.85. The van der Waals surface area contributed by atoms with Gasteiger partial charge in [-0.1, -0.05) is 36.0 Å². The highest BCUT2D eigenvalue weighted by Crippen LogP contribution is 2.33. The highest BCUT2D eigenvalue weighted by molar-refractivity contribution is 8.00. The summed E-state index contributed by atoms with van der Waals surface area (Å²) in [6.45, 7) is 1.63. The Balaban J connectivity index is 1.52. The van der Waals surface area contributed by atoms with E-state index in [0.717, 1.165) is 11.8 Å². The lowest BCUT2D eigenvalue weighted by atomic mass is 10.2. The average Bonchev–Trinajstić information content (AvgIpc) is 3.15. The van der Waals surface area contributed by atoms with E-state index in [0.29, 0.717) is 11.4 Å². The number of carbonyl (C=O) groups excluding carboxylic acids is 2. The van der Waals surface area contributed by atoms with Gasteiger partial charge in [0.25, 0.3) is 11.1 Å². The molecule has 3 aromatic rings. The summed E-state index contributed by atoms with van der Waals surface area (Å²) in [5.41, 5.74) is 1.42. The van der Waals surface area contributed by atoms with E-state index in [2.05, 4.69) is 15.5 Å². The number of carbonyl (C=O) groups is 2. The number of amides is 2. The maximum absolute atomic E-state index is 13.9. The Hall–Kier alpha value is -3.20. The summed E-state index contributed by atoms with van der Waals surface area (Å²) in [4.78, 5) is 26.3. The third-order valence-corrected chi connectivity index (χ3v) is 5.09. The van der Waals surface area contributed by atoms with Gasteiger partial charge in [0.15, 0.2) is 0 Å². The molecule has 1 aliphatic rings. The zero-order valence-electron chi connectivity index (χ0n) is 14.8. The molecule has 0 aliphatic carbocycles. The number of aromatic nitrogens is 2. The fraction of sp³-hybridized carbons (Fsp3) is 0.158. The molecule has 142 valence electrons. The van der Waals surface area contributed by atoms with E-state index in [1.165, 1.54) is 17.0 Å². The highest BCUT2D eigenvalue weighted by Gasteiger charge is 2.31. The summed E-state index contributed by atoms with van der Waals surface area (Å²) >= 11 is 1.06. The van der Waals surface area contributed by atoms with Gasteiger partial charge in [0, 0.05) is 0 Å². The van der Waals surface area contributed by atoms with Crippen LogP contribution < -0.4 is 10.2 Å². The van der Waals surface area contributed by atoms with Crippen molar-refractivity contribution in [2.75, 3.05) is 16.8 Å². The second kappa shape index (κ2) is 7.43. The molecular formula is C19H15FN4O3S. The van der Waals surface area contributed by atoms with Gasteiger partial charge in [-0.05, 0) is 31.2 Å². The summed E-state index contributed by atoms with van der Waals surface area (Å²) in [7, 11) is 0. The first-order valence-corrected chi connectivity index (χ1v) is 9.36. The van der Waals surface area contributed by atoms with Crippen molar-refractivity contribution in [1.29, 1.82) is 0 Å². The molecule has 2 heterocycles. The summed E-state index contributed by atoms with van der Waals surface area (Å²) in [5, 5.41) is 10.0. The molecule has 0 saturated heterocycles. The minimum atomic E-state index is -0.590. The number of fused-ring (bicyclic) bond motifs is 1. The summed E-state index contributed by atoms with van der Waals surface area (Å²) < 4.78 is 19.4. The molecule has 0 spiro atoms. The van der Waals surface area contributed by atoms with Crippen molar-refractivity contribution in [1.82, 2.24) is 10.2 Å². The summed E-state index contributed by atoms with van der Waals surface area (Å²) in [6, 6.07) is 13.2. The van der Waals surface area contributed by atoms with E-state index in [1.54, 1.807) is 43.3 Å². The van der Waals surface area contributed by atoms with Gasteiger partial charge in [-0.3, -0.25) is 14.5 Å². The fourth-order valence-corrected chi connectivity index (χ4v) is 3.60.